The fraction of sp³-hybridized carbons (Fsp3) is 0.364. The van der Waals surface area contributed by atoms with E-state index in [0.29, 0.717) is 12.5 Å². The van der Waals surface area contributed by atoms with Crippen LogP contribution < -0.4 is 4.90 Å². The summed E-state index contributed by atoms with van der Waals surface area (Å²) in [5.74, 6) is -1.17. The summed E-state index contributed by atoms with van der Waals surface area (Å²) in [6, 6.07) is 10.9. The number of esters is 1. The highest BCUT2D eigenvalue weighted by Crippen LogP contribution is 2.41. The van der Waals surface area contributed by atoms with E-state index < -0.39 is 17.9 Å². The lowest BCUT2D eigenvalue weighted by atomic mass is 9.90. The van der Waals surface area contributed by atoms with Crippen LogP contribution >= 0.6 is 0 Å². The number of aromatic nitrogens is 3. The van der Waals surface area contributed by atoms with Crippen molar-refractivity contribution in [2.24, 2.45) is 5.92 Å². The van der Waals surface area contributed by atoms with Crippen molar-refractivity contribution in [2.75, 3.05) is 18.1 Å². The van der Waals surface area contributed by atoms with Gasteiger partial charge in [-0.25, -0.2) is 4.98 Å². The third kappa shape index (κ3) is 3.26. The molecule has 2 atom stereocenters. The number of carbonyl (C=O) groups excluding carboxylic acids is 2. The lowest BCUT2D eigenvalue weighted by molar-refractivity contribution is -0.153. The zero-order chi connectivity index (χ0) is 20.4. The molecule has 0 N–H and O–H groups in total. The van der Waals surface area contributed by atoms with Crippen LogP contribution in [-0.2, 0) is 14.3 Å². The fourth-order valence-corrected chi connectivity index (χ4v) is 3.94. The van der Waals surface area contributed by atoms with Crippen LogP contribution in [-0.4, -0.2) is 39.6 Å². The molecule has 1 aromatic carbocycles. The Balaban J connectivity index is 1.97. The maximum atomic E-state index is 13.5. The van der Waals surface area contributed by atoms with E-state index in [1.807, 2.05) is 41.0 Å². The summed E-state index contributed by atoms with van der Waals surface area (Å²) >= 11 is 0. The summed E-state index contributed by atoms with van der Waals surface area (Å²) in [5.41, 5.74) is 2.50. The van der Waals surface area contributed by atoms with E-state index in [9.17, 15) is 9.59 Å². The number of anilines is 1. The Morgan fingerprint density at radius 1 is 1.14 bits per heavy atom. The summed E-state index contributed by atoms with van der Waals surface area (Å²) < 4.78 is 7.33. The van der Waals surface area contributed by atoms with Gasteiger partial charge in [-0.3, -0.25) is 19.5 Å². The average molecular weight is 392 g/mol. The van der Waals surface area contributed by atoms with E-state index in [1.165, 1.54) is 0 Å². The number of ether oxygens (including phenoxy) is 1. The molecule has 1 aliphatic rings. The first-order valence-electron chi connectivity index (χ1n) is 10.0. The van der Waals surface area contributed by atoms with Crippen LogP contribution in [0.1, 0.15) is 38.3 Å². The number of pyridine rings is 1. The topological polar surface area (TPSA) is 77.3 Å². The van der Waals surface area contributed by atoms with E-state index in [1.54, 1.807) is 24.2 Å². The van der Waals surface area contributed by atoms with Crippen molar-refractivity contribution in [1.29, 1.82) is 0 Å². The van der Waals surface area contributed by atoms with Crippen LogP contribution in [0.4, 0.5) is 5.95 Å². The summed E-state index contributed by atoms with van der Waals surface area (Å²) in [6.45, 7) is 4.55. The van der Waals surface area contributed by atoms with E-state index in [4.69, 9.17) is 9.72 Å². The molecule has 1 amide bonds. The van der Waals surface area contributed by atoms with Gasteiger partial charge < -0.3 is 9.30 Å². The van der Waals surface area contributed by atoms with E-state index in [2.05, 4.69) is 11.9 Å². The highest BCUT2D eigenvalue weighted by Gasteiger charge is 2.47. The third-order valence-electron chi connectivity index (χ3n) is 5.27. The highest BCUT2D eigenvalue weighted by atomic mass is 16.5. The molecule has 0 unspecified atom stereocenters. The van der Waals surface area contributed by atoms with Crippen LogP contribution in [0.2, 0.25) is 0 Å². The van der Waals surface area contributed by atoms with Crippen molar-refractivity contribution >= 4 is 28.9 Å². The van der Waals surface area contributed by atoms with E-state index in [0.717, 1.165) is 29.4 Å². The SMILES string of the molecule is CCCCN1C(=O)[C@H](C(=O)OCC)[C@@H](c2ccncc2)n2c1nc1ccccc12. The van der Waals surface area contributed by atoms with Gasteiger partial charge in [0.1, 0.15) is 0 Å². The second-order valence-electron chi connectivity index (χ2n) is 7.07. The standard InChI is InChI=1S/C22H24N4O3/c1-3-5-14-25-20(27)18(21(28)29-4-2)19(15-10-12-23-13-11-15)26-17-9-7-6-8-16(17)24-22(25)26/h6-13,18-19H,3-5,14H2,1-2H3/t18-,19-/m1/s1. The Hall–Kier alpha value is -3.22. The van der Waals surface area contributed by atoms with Gasteiger partial charge in [-0.15, -0.1) is 0 Å². The monoisotopic (exact) mass is 392 g/mol. The number of rotatable bonds is 6. The van der Waals surface area contributed by atoms with Gasteiger partial charge in [-0.05, 0) is 43.2 Å². The molecule has 0 spiro atoms. The Morgan fingerprint density at radius 2 is 1.90 bits per heavy atom. The summed E-state index contributed by atoms with van der Waals surface area (Å²) in [4.78, 5) is 37.0. The first-order valence-corrected chi connectivity index (χ1v) is 10.0. The smallest absolute Gasteiger partial charge is 0.321 e. The number of hydrogen-bond acceptors (Lipinski definition) is 5. The number of para-hydroxylation sites is 2. The van der Waals surface area contributed by atoms with Gasteiger partial charge in [-0.1, -0.05) is 25.5 Å². The number of imidazole rings is 1. The maximum absolute atomic E-state index is 13.5. The third-order valence-corrected chi connectivity index (χ3v) is 5.27. The minimum atomic E-state index is -0.973. The van der Waals surface area contributed by atoms with Crippen molar-refractivity contribution in [2.45, 2.75) is 32.7 Å². The molecular weight excluding hydrogens is 368 g/mol. The van der Waals surface area contributed by atoms with Crippen LogP contribution in [0.15, 0.2) is 48.8 Å². The van der Waals surface area contributed by atoms with E-state index in [-0.39, 0.29) is 12.5 Å². The highest BCUT2D eigenvalue weighted by molar-refractivity contribution is 6.08. The van der Waals surface area contributed by atoms with Crippen molar-refractivity contribution in [3.63, 3.8) is 0 Å². The molecule has 0 fully saturated rings. The Bertz CT molecular complexity index is 1030. The molecule has 4 rings (SSSR count). The number of nitrogens with zero attached hydrogens (tertiary/aromatic N) is 4. The van der Waals surface area contributed by atoms with Crippen LogP contribution in [0.3, 0.4) is 0 Å². The molecule has 0 saturated carbocycles. The Morgan fingerprint density at radius 3 is 2.62 bits per heavy atom. The number of unbranched alkanes of at least 4 members (excludes halogenated alkanes) is 1. The van der Waals surface area contributed by atoms with Gasteiger partial charge in [0, 0.05) is 18.9 Å². The normalized spacial score (nSPS) is 18.7. The molecule has 7 heteroatoms. The molecular formula is C22H24N4O3. The van der Waals surface area contributed by atoms with Crippen molar-refractivity contribution < 1.29 is 14.3 Å². The zero-order valence-corrected chi connectivity index (χ0v) is 16.6. The van der Waals surface area contributed by atoms with Crippen molar-refractivity contribution in [3.05, 3.63) is 54.4 Å². The van der Waals surface area contributed by atoms with Gasteiger partial charge in [0.15, 0.2) is 5.92 Å². The van der Waals surface area contributed by atoms with Gasteiger partial charge in [0.2, 0.25) is 11.9 Å². The lowest BCUT2D eigenvalue weighted by Crippen LogP contribution is -2.50. The molecule has 2 aromatic heterocycles. The number of carbonyl (C=O) groups is 2. The first-order chi connectivity index (χ1) is 14.2. The number of hydrogen-bond donors (Lipinski definition) is 0. The molecule has 150 valence electrons. The Kier molecular flexibility index (Phi) is 5.29. The molecule has 0 radical (unpaired) electrons. The van der Waals surface area contributed by atoms with Crippen LogP contribution in [0, 0.1) is 5.92 Å². The second-order valence-corrected chi connectivity index (χ2v) is 7.07. The predicted octanol–water partition coefficient (Wildman–Crippen LogP) is 3.35. The molecule has 0 bridgehead atoms. The number of fused-ring (bicyclic) bond motifs is 3. The molecule has 3 heterocycles. The fourth-order valence-electron chi connectivity index (χ4n) is 3.94. The molecule has 7 nitrogen and oxygen atoms in total. The maximum Gasteiger partial charge on any atom is 0.321 e. The van der Waals surface area contributed by atoms with Gasteiger partial charge in [0.05, 0.1) is 23.7 Å². The van der Waals surface area contributed by atoms with Gasteiger partial charge >= 0.3 is 5.97 Å². The second kappa shape index (κ2) is 8.03. The van der Waals surface area contributed by atoms with Crippen LogP contribution in [0.5, 0.6) is 0 Å². The number of amides is 1. The summed E-state index contributed by atoms with van der Waals surface area (Å²) in [6.07, 6.45) is 5.10. The van der Waals surface area contributed by atoms with Crippen molar-refractivity contribution in [3.8, 4) is 0 Å². The lowest BCUT2D eigenvalue weighted by Gasteiger charge is -2.37. The summed E-state index contributed by atoms with van der Waals surface area (Å²) in [7, 11) is 0. The minimum absolute atomic E-state index is 0.220. The molecule has 0 aliphatic carbocycles. The van der Waals surface area contributed by atoms with E-state index >= 15 is 0 Å². The van der Waals surface area contributed by atoms with Gasteiger partial charge in [0.25, 0.3) is 0 Å². The summed E-state index contributed by atoms with van der Waals surface area (Å²) in [5, 5.41) is 0. The largest absolute Gasteiger partial charge is 0.465 e. The predicted molar refractivity (Wildman–Crippen MR) is 109 cm³/mol. The molecule has 29 heavy (non-hydrogen) atoms. The molecule has 3 aromatic rings. The Labute approximate surface area is 169 Å². The average Bonchev–Trinajstić information content (AvgIpc) is 3.12. The van der Waals surface area contributed by atoms with Crippen LogP contribution in [0.25, 0.3) is 11.0 Å². The molecule has 1 aliphatic heterocycles. The zero-order valence-electron chi connectivity index (χ0n) is 16.6. The number of benzene rings is 1. The molecule has 0 saturated heterocycles. The quantitative estimate of drug-likeness (QED) is 0.475. The van der Waals surface area contributed by atoms with Crippen molar-refractivity contribution in [1.82, 2.24) is 14.5 Å². The van der Waals surface area contributed by atoms with Gasteiger partial charge in [-0.2, -0.15) is 0 Å². The first kappa shape index (κ1) is 19.1. The minimum Gasteiger partial charge on any atom is -0.465 e.